The average Bonchev–Trinajstić information content (AvgIpc) is 3.20. The number of nitrogens with zero attached hydrogens (tertiary/aromatic N) is 3. The summed E-state index contributed by atoms with van der Waals surface area (Å²) in [6.45, 7) is 1.13. The van der Waals surface area contributed by atoms with Crippen molar-refractivity contribution in [2.45, 2.75) is 18.8 Å². The molecule has 1 amide bonds. The van der Waals surface area contributed by atoms with Gasteiger partial charge in [-0.25, -0.2) is 9.37 Å². The molecule has 1 unspecified atom stereocenters. The van der Waals surface area contributed by atoms with Gasteiger partial charge in [-0.1, -0.05) is 12.1 Å². The van der Waals surface area contributed by atoms with Crippen LogP contribution in [0.3, 0.4) is 0 Å². The number of aromatic amines is 1. The van der Waals surface area contributed by atoms with E-state index in [1.807, 2.05) is 0 Å². The van der Waals surface area contributed by atoms with Crippen molar-refractivity contribution in [1.82, 2.24) is 19.9 Å². The largest absolute Gasteiger partial charge is 0.342 e. The van der Waals surface area contributed by atoms with Crippen molar-refractivity contribution in [2.24, 2.45) is 0 Å². The van der Waals surface area contributed by atoms with Gasteiger partial charge in [0.1, 0.15) is 11.6 Å². The minimum absolute atomic E-state index is 0.00620. The highest BCUT2D eigenvalue weighted by atomic mass is 19.1. The summed E-state index contributed by atoms with van der Waals surface area (Å²) >= 11 is 0. The van der Waals surface area contributed by atoms with Crippen LogP contribution in [0.25, 0.3) is 11.4 Å². The number of halogens is 1. The monoisotopic (exact) mass is 378 g/mol. The summed E-state index contributed by atoms with van der Waals surface area (Å²) in [4.78, 5) is 37.8. The lowest BCUT2D eigenvalue weighted by atomic mass is 10.0. The second-order valence-corrected chi connectivity index (χ2v) is 6.88. The van der Waals surface area contributed by atoms with Crippen LogP contribution in [-0.2, 0) is 11.2 Å². The van der Waals surface area contributed by atoms with Crippen LogP contribution in [0.15, 0.2) is 59.7 Å². The second kappa shape index (κ2) is 7.72. The molecule has 142 valence electrons. The molecule has 28 heavy (non-hydrogen) atoms. The molecule has 1 N–H and O–H groups in total. The first-order chi connectivity index (χ1) is 13.6. The van der Waals surface area contributed by atoms with Crippen LogP contribution in [0.5, 0.6) is 0 Å². The lowest BCUT2D eigenvalue weighted by Gasteiger charge is -2.16. The summed E-state index contributed by atoms with van der Waals surface area (Å²) in [6.07, 6.45) is 4.28. The zero-order valence-corrected chi connectivity index (χ0v) is 15.1. The molecule has 3 heterocycles. The number of pyridine rings is 1. The van der Waals surface area contributed by atoms with E-state index >= 15 is 0 Å². The normalized spacial score (nSPS) is 16.3. The number of likely N-dealkylation sites (tertiary alicyclic amines) is 1. The van der Waals surface area contributed by atoms with Gasteiger partial charge in [-0.15, -0.1) is 0 Å². The Hall–Kier alpha value is -3.35. The van der Waals surface area contributed by atoms with Crippen molar-refractivity contribution in [3.8, 4) is 11.4 Å². The molecule has 1 aliphatic rings. The van der Waals surface area contributed by atoms with Crippen LogP contribution in [0, 0.1) is 5.82 Å². The zero-order chi connectivity index (χ0) is 19.5. The van der Waals surface area contributed by atoms with E-state index in [1.54, 1.807) is 41.6 Å². The van der Waals surface area contributed by atoms with Gasteiger partial charge in [0.25, 0.3) is 5.56 Å². The van der Waals surface area contributed by atoms with Crippen LogP contribution < -0.4 is 5.56 Å². The van der Waals surface area contributed by atoms with Gasteiger partial charge in [-0.3, -0.25) is 14.6 Å². The van der Waals surface area contributed by atoms with Gasteiger partial charge in [0.05, 0.1) is 12.1 Å². The van der Waals surface area contributed by atoms with Crippen LogP contribution in [0.2, 0.25) is 0 Å². The number of carbonyl (C=O) groups excluding carboxylic acids is 1. The molecule has 2 aromatic heterocycles. The molecule has 0 bridgehead atoms. The van der Waals surface area contributed by atoms with Gasteiger partial charge >= 0.3 is 0 Å². The first-order valence-corrected chi connectivity index (χ1v) is 9.12. The number of carbonyl (C=O) groups is 1. The average molecular weight is 378 g/mol. The van der Waals surface area contributed by atoms with Crippen LogP contribution in [0.4, 0.5) is 4.39 Å². The summed E-state index contributed by atoms with van der Waals surface area (Å²) in [5.74, 6) is 0.192. The number of hydrogen-bond donors (Lipinski definition) is 1. The molecule has 1 saturated heterocycles. The fourth-order valence-corrected chi connectivity index (χ4v) is 3.45. The molecule has 1 atom stereocenters. The van der Waals surface area contributed by atoms with E-state index in [0.717, 1.165) is 17.5 Å². The Morgan fingerprint density at radius 3 is 2.68 bits per heavy atom. The number of amides is 1. The molecular formula is C21H19FN4O2. The van der Waals surface area contributed by atoms with Gasteiger partial charge in [0, 0.05) is 43.0 Å². The number of benzene rings is 1. The van der Waals surface area contributed by atoms with Crippen molar-refractivity contribution >= 4 is 5.91 Å². The van der Waals surface area contributed by atoms with E-state index < -0.39 is 0 Å². The highest BCUT2D eigenvalue weighted by molar-refractivity contribution is 5.79. The second-order valence-electron chi connectivity index (χ2n) is 6.88. The van der Waals surface area contributed by atoms with Gasteiger partial charge in [0.15, 0.2) is 0 Å². The Labute approximate surface area is 161 Å². The summed E-state index contributed by atoms with van der Waals surface area (Å²) < 4.78 is 13.0. The number of hydrogen-bond acceptors (Lipinski definition) is 4. The van der Waals surface area contributed by atoms with Crippen molar-refractivity contribution < 1.29 is 9.18 Å². The smallest absolute Gasteiger partial charge is 0.251 e. The molecule has 0 aliphatic carbocycles. The summed E-state index contributed by atoms with van der Waals surface area (Å²) in [7, 11) is 0. The van der Waals surface area contributed by atoms with Gasteiger partial charge in [-0.2, -0.15) is 0 Å². The van der Waals surface area contributed by atoms with Crippen molar-refractivity contribution in [1.29, 1.82) is 0 Å². The molecule has 3 aromatic rings. The lowest BCUT2D eigenvalue weighted by Crippen LogP contribution is -2.30. The Morgan fingerprint density at radius 1 is 1.18 bits per heavy atom. The topological polar surface area (TPSA) is 79.0 Å². The Bertz CT molecular complexity index is 1030. The van der Waals surface area contributed by atoms with E-state index in [1.165, 1.54) is 18.2 Å². The van der Waals surface area contributed by atoms with Crippen LogP contribution >= 0.6 is 0 Å². The molecular weight excluding hydrogens is 359 g/mol. The lowest BCUT2D eigenvalue weighted by molar-refractivity contribution is -0.129. The molecule has 1 fully saturated rings. The fraction of sp³-hybridized carbons (Fsp3) is 0.238. The maximum absolute atomic E-state index is 13.0. The number of aromatic nitrogens is 3. The maximum atomic E-state index is 13.0. The molecule has 4 rings (SSSR count). The van der Waals surface area contributed by atoms with E-state index in [0.29, 0.717) is 24.6 Å². The number of H-pyrrole nitrogens is 1. The number of nitrogens with one attached hydrogen (secondary N) is 1. The van der Waals surface area contributed by atoms with Crippen LogP contribution in [0.1, 0.15) is 23.6 Å². The van der Waals surface area contributed by atoms with E-state index in [4.69, 9.17) is 0 Å². The van der Waals surface area contributed by atoms with Gasteiger partial charge in [0.2, 0.25) is 5.91 Å². The molecule has 7 heteroatoms. The Kier molecular flexibility index (Phi) is 4.97. The first kappa shape index (κ1) is 18.0. The molecule has 1 aromatic carbocycles. The quantitative estimate of drug-likeness (QED) is 0.757. The van der Waals surface area contributed by atoms with Crippen molar-refractivity contribution in [3.63, 3.8) is 0 Å². The summed E-state index contributed by atoms with van der Waals surface area (Å²) in [6, 6.07) is 11.0. The minimum Gasteiger partial charge on any atom is -0.342 e. The predicted octanol–water partition coefficient (Wildman–Crippen LogP) is 2.53. The predicted molar refractivity (Wildman–Crippen MR) is 102 cm³/mol. The zero-order valence-electron chi connectivity index (χ0n) is 15.1. The van der Waals surface area contributed by atoms with Crippen molar-refractivity contribution in [3.05, 3.63) is 82.3 Å². The third-order valence-electron chi connectivity index (χ3n) is 4.94. The van der Waals surface area contributed by atoms with Gasteiger partial charge < -0.3 is 9.88 Å². The maximum Gasteiger partial charge on any atom is 0.251 e. The number of rotatable bonds is 4. The molecule has 0 radical (unpaired) electrons. The fourth-order valence-electron chi connectivity index (χ4n) is 3.45. The third kappa shape index (κ3) is 3.98. The van der Waals surface area contributed by atoms with Crippen molar-refractivity contribution in [2.75, 3.05) is 13.1 Å². The summed E-state index contributed by atoms with van der Waals surface area (Å²) in [5.41, 5.74) is 2.04. The van der Waals surface area contributed by atoms with Crippen LogP contribution in [-0.4, -0.2) is 38.8 Å². The highest BCUT2D eigenvalue weighted by Crippen LogP contribution is 2.26. The molecule has 0 spiro atoms. The van der Waals surface area contributed by atoms with E-state index in [2.05, 4.69) is 15.0 Å². The summed E-state index contributed by atoms with van der Waals surface area (Å²) in [5, 5.41) is 0. The third-order valence-corrected chi connectivity index (χ3v) is 4.94. The highest BCUT2D eigenvalue weighted by Gasteiger charge is 2.28. The molecule has 1 aliphatic heterocycles. The molecule has 6 nitrogen and oxygen atoms in total. The standard InChI is InChI=1S/C21H19FN4O2/c22-17-3-1-14(2-4-17)11-20(28)26-10-7-16(13-26)18-12-19(27)25-21(24-18)15-5-8-23-9-6-15/h1-6,8-9,12,16H,7,10-11,13H2,(H,24,25,27). The van der Waals surface area contributed by atoms with Gasteiger partial charge in [-0.05, 0) is 36.2 Å². The minimum atomic E-state index is -0.317. The Morgan fingerprint density at radius 2 is 1.93 bits per heavy atom. The SMILES string of the molecule is O=C(Cc1ccc(F)cc1)N1CCC(c2cc(=O)[nH]c(-c3ccncc3)n2)C1. The van der Waals surface area contributed by atoms with E-state index in [-0.39, 0.29) is 29.6 Å². The Balaban J connectivity index is 1.48. The molecule has 0 saturated carbocycles. The van der Waals surface area contributed by atoms with E-state index in [9.17, 15) is 14.0 Å². The first-order valence-electron chi connectivity index (χ1n) is 9.12.